The summed E-state index contributed by atoms with van der Waals surface area (Å²) in [7, 11) is 0. The van der Waals surface area contributed by atoms with Crippen molar-refractivity contribution in [2.24, 2.45) is 0 Å². The molecule has 1 aromatic carbocycles. The Morgan fingerprint density at radius 2 is 1.20 bits per heavy atom. The lowest BCUT2D eigenvalue weighted by Gasteiger charge is -2.15. The lowest BCUT2D eigenvalue weighted by Crippen LogP contribution is -2.26. The van der Waals surface area contributed by atoms with Crippen molar-refractivity contribution < 1.29 is 39.3 Å². The number of carbonyl (C=O) groups is 5. The fourth-order valence-electron chi connectivity index (χ4n) is 1.74. The highest BCUT2D eigenvalue weighted by Crippen LogP contribution is 2.24. The second kappa shape index (κ2) is 9.01. The van der Waals surface area contributed by atoms with Crippen LogP contribution < -0.4 is 26.0 Å². The first-order valence-corrected chi connectivity index (χ1v) is 7.04. The number of benzene rings is 1. The zero-order chi connectivity index (χ0) is 19.0. The molecule has 0 radical (unpaired) electrons. The highest BCUT2D eigenvalue weighted by atomic mass is 16.4. The molecule has 2 N–H and O–H groups in total. The Hall–Kier alpha value is -3.43. The Morgan fingerprint density at radius 1 is 0.720 bits per heavy atom. The molecule has 0 saturated heterocycles. The Labute approximate surface area is 141 Å². The van der Waals surface area contributed by atoms with Crippen LogP contribution in [0, 0.1) is 0 Å². The zero-order valence-corrected chi connectivity index (χ0v) is 12.8. The van der Waals surface area contributed by atoms with Crippen LogP contribution in [0.3, 0.4) is 0 Å². The van der Waals surface area contributed by atoms with E-state index in [0.717, 1.165) is 12.1 Å². The van der Waals surface area contributed by atoms with E-state index in [4.69, 9.17) is 0 Å². The quantitative estimate of drug-likeness (QED) is 0.473. The summed E-state index contributed by atoms with van der Waals surface area (Å²) in [5, 5.41) is 36.2. The fourth-order valence-corrected chi connectivity index (χ4v) is 1.74. The van der Waals surface area contributed by atoms with E-state index in [9.17, 15) is 39.3 Å². The number of aliphatic carboxylic acids is 2. The monoisotopic (exact) mass is 349 g/mol. The minimum Gasteiger partial charge on any atom is -0.550 e. The van der Waals surface area contributed by atoms with Gasteiger partial charge >= 0.3 is 0 Å². The van der Waals surface area contributed by atoms with Gasteiger partial charge in [0, 0.05) is 24.8 Å². The first-order chi connectivity index (χ1) is 11.7. The first-order valence-electron chi connectivity index (χ1n) is 7.04. The predicted molar refractivity (Wildman–Crippen MR) is 76.5 cm³/mol. The molecular formula is C15H13N2O8-3. The average molecular weight is 349 g/mol. The summed E-state index contributed by atoms with van der Waals surface area (Å²) in [6.07, 6.45) is -1.87. The Morgan fingerprint density at radius 3 is 1.64 bits per heavy atom. The number of nitrogens with one attached hydrogen (secondary N) is 2. The molecule has 0 saturated carbocycles. The van der Waals surface area contributed by atoms with Crippen molar-refractivity contribution in [1.82, 2.24) is 0 Å². The summed E-state index contributed by atoms with van der Waals surface area (Å²) in [6.45, 7) is 0. The van der Waals surface area contributed by atoms with Crippen LogP contribution >= 0.6 is 0 Å². The summed E-state index contributed by atoms with van der Waals surface area (Å²) in [5.41, 5.74) is -0.384. The largest absolute Gasteiger partial charge is 0.550 e. The molecule has 0 atom stereocenters. The van der Waals surface area contributed by atoms with Gasteiger partial charge in [-0.05, 0) is 30.5 Å². The number of amides is 2. The van der Waals surface area contributed by atoms with Crippen molar-refractivity contribution in [2.75, 3.05) is 10.6 Å². The smallest absolute Gasteiger partial charge is 0.224 e. The van der Waals surface area contributed by atoms with Gasteiger partial charge in [-0.3, -0.25) is 9.59 Å². The second-order valence-corrected chi connectivity index (χ2v) is 4.89. The number of carboxylic acids is 3. The van der Waals surface area contributed by atoms with Crippen LogP contribution in [0.2, 0.25) is 0 Å². The number of hydrogen-bond donors (Lipinski definition) is 2. The molecule has 0 heterocycles. The van der Waals surface area contributed by atoms with E-state index in [1.165, 1.54) is 6.07 Å². The van der Waals surface area contributed by atoms with Gasteiger partial charge in [-0.1, -0.05) is 6.07 Å². The normalized spacial score (nSPS) is 9.92. The van der Waals surface area contributed by atoms with Crippen LogP contribution in [0.25, 0.3) is 0 Å². The highest BCUT2D eigenvalue weighted by Gasteiger charge is 2.11. The predicted octanol–water partition coefficient (Wildman–Crippen LogP) is -3.01. The molecule has 0 aromatic heterocycles. The molecule has 0 aliphatic carbocycles. The molecule has 2 amide bonds. The van der Waals surface area contributed by atoms with Crippen molar-refractivity contribution in [2.45, 2.75) is 25.7 Å². The van der Waals surface area contributed by atoms with E-state index in [1.54, 1.807) is 0 Å². The number of carboxylic acid groups (broad SMARTS) is 3. The van der Waals surface area contributed by atoms with Gasteiger partial charge in [0.05, 0.1) is 17.3 Å². The van der Waals surface area contributed by atoms with Crippen molar-refractivity contribution >= 4 is 41.1 Å². The van der Waals surface area contributed by atoms with Gasteiger partial charge in [-0.2, -0.15) is 0 Å². The molecule has 0 unspecified atom stereocenters. The Bertz CT molecular complexity index is 713. The fraction of sp³-hybridized carbons (Fsp3) is 0.267. The van der Waals surface area contributed by atoms with E-state index in [-0.39, 0.29) is 23.4 Å². The molecule has 0 spiro atoms. The van der Waals surface area contributed by atoms with Crippen molar-refractivity contribution in [3.8, 4) is 0 Å². The van der Waals surface area contributed by atoms with E-state index in [2.05, 4.69) is 10.6 Å². The molecule has 10 heteroatoms. The summed E-state index contributed by atoms with van der Waals surface area (Å²) < 4.78 is 0. The highest BCUT2D eigenvalue weighted by molar-refractivity contribution is 6.02. The minimum atomic E-state index is -1.53. The van der Waals surface area contributed by atoms with E-state index in [0.29, 0.717) is 0 Å². The van der Waals surface area contributed by atoms with Crippen molar-refractivity contribution in [3.05, 3.63) is 23.8 Å². The third kappa shape index (κ3) is 7.12. The minimum absolute atomic E-state index is 0.00940. The number of aromatic carboxylic acids is 1. The summed E-state index contributed by atoms with van der Waals surface area (Å²) in [5.74, 6) is -5.83. The van der Waals surface area contributed by atoms with Gasteiger partial charge in [0.25, 0.3) is 0 Å². The molecule has 134 valence electrons. The number of anilines is 2. The first kappa shape index (κ1) is 19.6. The molecule has 0 fully saturated rings. The van der Waals surface area contributed by atoms with Crippen LogP contribution in [0.1, 0.15) is 36.0 Å². The maximum absolute atomic E-state index is 11.7. The summed E-state index contributed by atoms with van der Waals surface area (Å²) >= 11 is 0. The molecule has 25 heavy (non-hydrogen) atoms. The van der Waals surface area contributed by atoms with Crippen LogP contribution in [0.4, 0.5) is 11.4 Å². The standard InChI is InChI=1S/C15H16N2O8/c18-11(3-5-13(20)21)16-9-2-1-8(15(24)25)7-10(9)17-12(19)4-6-14(22)23/h1-2,7H,3-6H2,(H,16,18)(H,17,19)(H,20,21)(H,22,23)(H,24,25)/p-3. The molecule has 0 bridgehead atoms. The Kier molecular flexibility index (Phi) is 7.07. The van der Waals surface area contributed by atoms with Crippen LogP contribution in [-0.4, -0.2) is 29.7 Å². The Balaban J connectivity index is 2.93. The zero-order valence-electron chi connectivity index (χ0n) is 12.8. The van der Waals surface area contributed by atoms with Crippen molar-refractivity contribution in [1.29, 1.82) is 0 Å². The van der Waals surface area contributed by atoms with Gasteiger partial charge in [-0.25, -0.2) is 0 Å². The van der Waals surface area contributed by atoms with Gasteiger partial charge in [0.1, 0.15) is 0 Å². The molecule has 0 aliphatic heterocycles. The third-order valence-electron chi connectivity index (χ3n) is 2.92. The van der Waals surface area contributed by atoms with E-state index < -0.39 is 49.0 Å². The maximum atomic E-state index is 11.7. The molecular weight excluding hydrogens is 336 g/mol. The lowest BCUT2D eigenvalue weighted by molar-refractivity contribution is -0.307. The summed E-state index contributed by atoms with van der Waals surface area (Å²) in [4.78, 5) is 54.9. The van der Waals surface area contributed by atoms with E-state index in [1.807, 2.05) is 0 Å². The third-order valence-corrected chi connectivity index (χ3v) is 2.92. The number of hydrogen-bond acceptors (Lipinski definition) is 8. The van der Waals surface area contributed by atoms with Crippen LogP contribution in [-0.2, 0) is 19.2 Å². The SMILES string of the molecule is O=C([O-])CCC(=O)Nc1ccc(C(=O)[O-])cc1NC(=O)CCC(=O)[O-]. The van der Waals surface area contributed by atoms with Crippen LogP contribution in [0.5, 0.6) is 0 Å². The molecule has 1 rings (SSSR count). The maximum Gasteiger partial charge on any atom is 0.224 e. The van der Waals surface area contributed by atoms with Crippen molar-refractivity contribution in [3.63, 3.8) is 0 Å². The lowest BCUT2D eigenvalue weighted by atomic mass is 10.1. The number of rotatable bonds is 9. The molecule has 10 nitrogen and oxygen atoms in total. The second-order valence-electron chi connectivity index (χ2n) is 4.89. The van der Waals surface area contributed by atoms with Gasteiger partial charge in [0.15, 0.2) is 0 Å². The van der Waals surface area contributed by atoms with Gasteiger partial charge in [-0.15, -0.1) is 0 Å². The number of carbonyl (C=O) groups excluding carboxylic acids is 5. The van der Waals surface area contributed by atoms with Gasteiger partial charge in [0.2, 0.25) is 11.8 Å². The topological polar surface area (TPSA) is 179 Å². The van der Waals surface area contributed by atoms with Gasteiger partial charge < -0.3 is 40.3 Å². The summed E-state index contributed by atoms with van der Waals surface area (Å²) in [6, 6.07) is 3.30. The molecule has 1 aromatic rings. The van der Waals surface area contributed by atoms with E-state index >= 15 is 0 Å². The molecule has 0 aliphatic rings. The van der Waals surface area contributed by atoms with Crippen LogP contribution in [0.15, 0.2) is 18.2 Å². The average Bonchev–Trinajstić information content (AvgIpc) is 2.52.